The van der Waals surface area contributed by atoms with Gasteiger partial charge in [0.05, 0.1) is 12.6 Å². The number of halogens is 3. The van der Waals surface area contributed by atoms with Gasteiger partial charge in [0.15, 0.2) is 6.54 Å². The molecule has 0 heterocycles. The smallest absolute Gasteiger partial charge is 0.326 e. The molecule has 6 heteroatoms. The van der Waals surface area contributed by atoms with E-state index in [0.29, 0.717) is 6.54 Å². The van der Waals surface area contributed by atoms with Crippen molar-refractivity contribution in [1.82, 2.24) is 0 Å². The monoisotopic (exact) mass is 351 g/mol. The standard InChI is InChI=1S/C19H21F3N2O/c1-13-4-9-17(14(2)10-13)23-18(25)12-24(3)11-15-5-7-16(8-6-15)19(20,21)22/h4-10H,11-12H2,1-3H3,(H,23,25)/p+1. The molecule has 0 spiro atoms. The highest BCUT2D eigenvalue weighted by atomic mass is 19.4. The van der Waals surface area contributed by atoms with Crippen LogP contribution in [0.4, 0.5) is 18.9 Å². The normalized spacial score (nSPS) is 12.7. The van der Waals surface area contributed by atoms with Crippen LogP contribution in [0.1, 0.15) is 22.3 Å². The third-order valence-electron chi connectivity index (χ3n) is 3.91. The molecule has 0 aliphatic carbocycles. The van der Waals surface area contributed by atoms with Gasteiger partial charge in [-0.25, -0.2) is 0 Å². The number of alkyl halides is 3. The van der Waals surface area contributed by atoms with E-state index in [2.05, 4.69) is 5.32 Å². The highest BCUT2D eigenvalue weighted by Crippen LogP contribution is 2.28. The molecule has 0 radical (unpaired) electrons. The average molecular weight is 351 g/mol. The first-order chi connectivity index (χ1) is 11.6. The average Bonchev–Trinajstić information content (AvgIpc) is 2.49. The third-order valence-corrected chi connectivity index (χ3v) is 3.91. The van der Waals surface area contributed by atoms with E-state index >= 15 is 0 Å². The van der Waals surface area contributed by atoms with Crippen LogP contribution in [0.5, 0.6) is 0 Å². The number of amides is 1. The summed E-state index contributed by atoms with van der Waals surface area (Å²) in [7, 11) is 1.83. The van der Waals surface area contributed by atoms with Crippen molar-refractivity contribution in [3.63, 3.8) is 0 Å². The summed E-state index contributed by atoms with van der Waals surface area (Å²) in [5.41, 5.74) is 2.98. The highest BCUT2D eigenvalue weighted by Gasteiger charge is 2.30. The molecule has 0 aliphatic rings. The first kappa shape index (κ1) is 19.0. The van der Waals surface area contributed by atoms with Crippen LogP contribution >= 0.6 is 0 Å². The topological polar surface area (TPSA) is 33.5 Å². The van der Waals surface area contributed by atoms with Crippen molar-refractivity contribution in [1.29, 1.82) is 0 Å². The zero-order valence-electron chi connectivity index (χ0n) is 14.5. The van der Waals surface area contributed by atoms with E-state index in [9.17, 15) is 18.0 Å². The summed E-state index contributed by atoms with van der Waals surface area (Å²) in [5.74, 6) is -0.128. The molecule has 0 saturated heterocycles. The van der Waals surface area contributed by atoms with E-state index in [-0.39, 0.29) is 12.5 Å². The second-order valence-corrected chi connectivity index (χ2v) is 6.37. The van der Waals surface area contributed by atoms with Gasteiger partial charge in [0.2, 0.25) is 0 Å². The first-order valence-electron chi connectivity index (χ1n) is 7.99. The van der Waals surface area contributed by atoms with E-state index in [1.54, 1.807) is 0 Å². The highest BCUT2D eigenvalue weighted by molar-refractivity contribution is 5.92. The Hall–Kier alpha value is -2.34. The molecule has 1 amide bonds. The summed E-state index contributed by atoms with van der Waals surface area (Å²) >= 11 is 0. The van der Waals surface area contributed by atoms with Gasteiger partial charge in [0.1, 0.15) is 6.54 Å². The summed E-state index contributed by atoms with van der Waals surface area (Å²) in [6.45, 7) is 4.62. The zero-order chi connectivity index (χ0) is 18.6. The van der Waals surface area contributed by atoms with E-state index in [4.69, 9.17) is 0 Å². The Morgan fingerprint density at radius 1 is 1.08 bits per heavy atom. The number of quaternary nitrogens is 1. The molecule has 2 rings (SSSR count). The van der Waals surface area contributed by atoms with Gasteiger partial charge >= 0.3 is 6.18 Å². The molecule has 2 aromatic carbocycles. The maximum atomic E-state index is 12.6. The lowest BCUT2D eigenvalue weighted by Gasteiger charge is -2.15. The largest absolute Gasteiger partial charge is 0.416 e. The number of aryl methyl sites for hydroxylation is 2. The van der Waals surface area contributed by atoms with Crippen LogP contribution in [0.25, 0.3) is 0 Å². The minimum absolute atomic E-state index is 0.128. The molecule has 1 unspecified atom stereocenters. The van der Waals surface area contributed by atoms with E-state index in [1.807, 2.05) is 39.1 Å². The van der Waals surface area contributed by atoms with Crippen LogP contribution < -0.4 is 10.2 Å². The minimum atomic E-state index is -4.33. The van der Waals surface area contributed by atoms with Crippen LogP contribution in [0, 0.1) is 13.8 Å². The Morgan fingerprint density at radius 2 is 1.72 bits per heavy atom. The molecule has 0 bridgehead atoms. The molecule has 0 fully saturated rings. The fourth-order valence-corrected chi connectivity index (χ4v) is 2.64. The maximum absolute atomic E-state index is 12.6. The zero-order valence-corrected chi connectivity index (χ0v) is 14.5. The lowest BCUT2D eigenvalue weighted by Crippen LogP contribution is -3.08. The van der Waals surface area contributed by atoms with Crippen LogP contribution in [-0.2, 0) is 17.5 Å². The quantitative estimate of drug-likeness (QED) is 0.853. The first-order valence-corrected chi connectivity index (χ1v) is 7.99. The van der Waals surface area contributed by atoms with Gasteiger partial charge in [-0.2, -0.15) is 13.2 Å². The summed E-state index contributed by atoms with van der Waals surface area (Å²) in [6, 6.07) is 10.8. The molecule has 1 atom stereocenters. The fourth-order valence-electron chi connectivity index (χ4n) is 2.64. The summed E-state index contributed by atoms with van der Waals surface area (Å²) in [5, 5.41) is 2.87. The van der Waals surface area contributed by atoms with Crippen LogP contribution in [0.3, 0.4) is 0 Å². The lowest BCUT2D eigenvalue weighted by molar-refractivity contribution is -0.885. The molecule has 3 nitrogen and oxygen atoms in total. The number of benzene rings is 2. The summed E-state index contributed by atoms with van der Waals surface area (Å²) in [4.78, 5) is 13.0. The molecule has 0 aromatic heterocycles. The van der Waals surface area contributed by atoms with Crippen molar-refractivity contribution in [3.8, 4) is 0 Å². The van der Waals surface area contributed by atoms with Crippen molar-refractivity contribution >= 4 is 11.6 Å². The molecule has 2 aromatic rings. The van der Waals surface area contributed by atoms with Crippen LogP contribution in [-0.4, -0.2) is 19.5 Å². The van der Waals surface area contributed by atoms with Gasteiger partial charge in [-0.15, -0.1) is 0 Å². The number of hydrogen-bond acceptors (Lipinski definition) is 1. The Morgan fingerprint density at radius 3 is 2.28 bits per heavy atom. The lowest BCUT2D eigenvalue weighted by atomic mass is 10.1. The molecule has 134 valence electrons. The Labute approximate surface area is 145 Å². The van der Waals surface area contributed by atoms with E-state index < -0.39 is 11.7 Å². The van der Waals surface area contributed by atoms with Gasteiger partial charge in [0, 0.05) is 11.3 Å². The second-order valence-electron chi connectivity index (χ2n) is 6.37. The molecule has 0 saturated carbocycles. The van der Waals surface area contributed by atoms with Gasteiger partial charge in [0.25, 0.3) is 5.91 Å². The summed E-state index contributed by atoms with van der Waals surface area (Å²) < 4.78 is 37.7. The Kier molecular flexibility index (Phi) is 5.85. The number of anilines is 1. The van der Waals surface area contributed by atoms with E-state index in [1.165, 1.54) is 12.1 Å². The van der Waals surface area contributed by atoms with Crippen molar-refractivity contribution in [2.45, 2.75) is 26.6 Å². The third kappa shape index (κ3) is 5.60. The van der Waals surface area contributed by atoms with Crippen molar-refractivity contribution < 1.29 is 22.9 Å². The van der Waals surface area contributed by atoms with Gasteiger partial charge < -0.3 is 10.2 Å². The fraction of sp³-hybridized carbons (Fsp3) is 0.316. The number of hydrogen-bond donors (Lipinski definition) is 2. The molecular weight excluding hydrogens is 329 g/mol. The van der Waals surface area contributed by atoms with Crippen LogP contribution in [0.2, 0.25) is 0 Å². The Balaban J connectivity index is 1.91. The van der Waals surface area contributed by atoms with Gasteiger partial charge in [-0.05, 0) is 37.6 Å². The number of rotatable bonds is 5. The second kappa shape index (κ2) is 7.70. The number of nitrogens with one attached hydrogen (secondary N) is 2. The SMILES string of the molecule is Cc1ccc(NC(=O)C[NH+](C)Cc2ccc(C(F)(F)F)cc2)c(C)c1. The molecule has 0 aliphatic heterocycles. The minimum Gasteiger partial charge on any atom is -0.326 e. The maximum Gasteiger partial charge on any atom is 0.416 e. The molecular formula is C19H22F3N2O+. The number of carbonyl (C=O) groups excluding carboxylic acids is 1. The van der Waals surface area contributed by atoms with Gasteiger partial charge in [-0.1, -0.05) is 29.8 Å². The number of likely N-dealkylation sites (N-methyl/N-ethyl adjacent to an activating group) is 1. The van der Waals surface area contributed by atoms with Crippen molar-refractivity contribution in [2.24, 2.45) is 0 Å². The predicted molar refractivity (Wildman–Crippen MR) is 91.4 cm³/mol. The van der Waals surface area contributed by atoms with Crippen molar-refractivity contribution in [2.75, 3.05) is 18.9 Å². The Bertz CT molecular complexity index is 739. The predicted octanol–water partition coefficient (Wildman–Crippen LogP) is 2.98. The summed E-state index contributed by atoms with van der Waals surface area (Å²) in [6.07, 6.45) is -4.33. The molecule has 2 N–H and O–H groups in total. The van der Waals surface area contributed by atoms with Crippen molar-refractivity contribution in [3.05, 3.63) is 64.7 Å². The van der Waals surface area contributed by atoms with Crippen LogP contribution in [0.15, 0.2) is 42.5 Å². The molecule has 25 heavy (non-hydrogen) atoms. The van der Waals surface area contributed by atoms with E-state index in [0.717, 1.165) is 39.4 Å². The number of carbonyl (C=O) groups is 1. The van der Waals surface area contributed by atoms with Gasteiger partial charge in [-0.3, -0.25) is 4.79 Å².